The molecule has 280 valence electrons. The van der Waals surface area contributed by atoms with Gasteiger partial charge in [0.1, 0.15) is 21.7 Å². The van der Waals surface area contributed by atoms with Crippen molar-refractivity contribution in [1.29, 1.82) is 0 Å². The van der Waals surface area contributed by atoms with E-state index in [1.807, 2.05) is 0 Å². The average molecular weight is 780 g/mol. The fourth-order valence-corrected chi connectivity index (χ4v) is 8.07. The van der Waals surface area contributed by atoms with E-state index in [9.17, 15) is 39.5 Å². The quantitative estimate of drug-likeness (QED) is 0.0621. The van der Waals surface area contributed by atoms with Crippen molar-refractivity contribution in [3.05, 3.63) is 115 Å². The molecule has 0 unspecified atom stereocenters. The number of alkyl halides is 15. The summed E-state index contributed by atoms with van der Waals surface area (Å²) in [6.45, 7) is 0. The Hall–Kier alpha value is -4.47. The van der Waals surface area contributed by atoms with E-state index in [2.05, 4.69) is 4.99 Å². The number of benzene rings is 4. The van der Waals surface area contributed by atoms with Gasteiger partial charge < -0.3 is 9.26 Å². The molecule has 52 heavy (non-hydrogen) atoms. The Bertz CT molecular complexity index is 1740. The van der Waals surface area contributed by atoms with Gasteiger partial charge in [-0.15, -0.1) is 0 Å². The molecular formula is C33H22F15NO2P+. The van der Waals surface area contributed by atoms with Gasteiger partial charge in [-0.05, 0) is 60.7 Å². The van der Waals surface area contributed by atoms with Gasteiger partial charge in [-0.3, -0.25) is 0 Å². The van der Waals surface area contributed by atoms with Crippen LogP contribution in [0.5, 0.6) is 5.75 Å². The summed E-state index contributed by atoms with van der Waals surface area (Å²) in [7, 11) is -3.28. The van der Waals surface area contributed by atoms with Crippen molar-refractivity contribution in [3.8, 4) is 5.75 Å². The first-order chi connectivity index (χ1) is 23.9. The van der Waals surface area contributed by atoms with Crippen LogP contribution in [0.1, 0.15) is 0 Å². The summed E-state index contributed by atoms with van der Waals surface area (Å²) in [6, 6.07) is 23.1. The molecule has 3 nitrogen and oxygen atoms in total. The Morgan fingerprint density at radius 2 is 0.808 bits per heavy atom. The molecular weight excluding hydrogens is 758 g/mol. The molecule has 0 heterocycles. The van der Waals surface area contributed by atoms with Crippen molar-refractivity contribution in [2.45, 2.75) is 41.7 Å². The molecule has 0 radical (unpaired) electrons. The van der Waals surface area contributed by atoms with E-state index in [0.717, 1.165) is 31.4 Å². The number of rotatable bonds is 12. The number of halogens is 15. The lowest BCUT2D eigenvalue weighted by Gasteiger charge is -2.41. The number of aliphatic imine (C=N–C) groups is 1. The van der Waals surface area contributed by atoms with Gasteiger partial charge in [0.25, 0.3) is 7.49 Å². The Kier molecular flexibility index (Phi) is 10.7. The zero-order valence-corrected chi connectivity index (χ0v) is 26.7. The highest BCUT2D eigenvalue weighted by atomic mass is 31.2. The largest absolute Gasteiger partial charge is 0.497 e. The molecule has 0 atom stereocenters. The van der Waals surface area contributed by atoms with Crippen LogP contribution in [0.15, 0.2) is 120 Å². The molecule has 0 amide bonds. The Labute approximate surface area is 285 Å². The van der Waals surface area contributed by atoms with Crippen LogP contribution in [-0.4, -0.2) is 54.7 Å². The lowest BCUT2D eigenvalue weighted by Crippen LogP contribution is -2.73. The molecule has 0 saturated carbocycles. The van der Waals surface area contributed by atoms with E-state index in [0.29, 0.717) is 0 Å². The molecule has 0 aromatic heterocycles. The monoisotopic (exact) mass is 780 g/mol. The average Bonchev–Trinajstić information content (AvgIpc) is 3.10. The van der Waals surface area contributed by atoms with Crippen molar-refractivity contribution in [1.82, 2.24) is 0 Å². The molecule has 0 bridgehead atoms. The van der Waals surface area contributed by atoms with Gasteiger partial charge in [0.15, 0.2) is 0 Å². The van der Waals surface area contributed by atoms with E-state index in [4.69, 9.17) is 9.26 Å². The first kappa shape index (κ1) is 40.3. The van der Waals surface area contributed by atoms with Gasteiger partial charge in [-0.25, -0.2) is 4.99 Å². The topological polar surface area (TPSA) is 30.8 Å². The minimum Gasteiger partial charge on any atom is -0.497 e. The molecule has 0 N–H and O–H groups in total. The van der Waals surface area contributed by atoms with Crippen molar-refractivity contribution in [2.24, 2.45) is 4.99 Å². The maximum Gasteiger partial charge on any atom is 0.460 e. The molecule has 0 spiro atoms. The fraction of sp³-hybridized carbons (Fsp3) is 0.242. The van der Waals surface area contributed by atoms with E-state index in [1.54, 1.807) is 0 Å². The van der Waals surface area contributed by atoms with Crippen molar-refractivity contribution < 1.29 is 75.1 Å². The Morgan fingerprint density at radius 3 is 1.15 bits per heavy atom. The van der Waals surface area contributed by atoms with E-state index < -0.39 is 60.8 Å². The lowest BCUT2D eigenvalue weighted by atomic mass is 9.91. The maximum absolute atomic E-state index is 16.2. The zero-order chi connectivity index (χ0) is 39.0. The molecule has 4 aromatic carbocycles. The van der Waals surface area contributed by atoms with Gasteiger partial charge in [-0.2, -0.15) is 65.9 Å². The standard InChI is InChI=1S/C33H22F15NO2P/c1-50-22-19-17-21(18-20-22)49-26(27(34,35)28(36,37)29(38,39)30(40,41)31(42,43)32(44,45)33(46,47)48)51-52(23-11-5-2-6-12-23,24-13-7-3-8-14-24)25-15-9-4-10-16-25/h2-20H,1H3/q+1. The van der Waals surface area contributed by atoms with Crippen LogP contribution < -0.4 is 20.7 Å². The minimum atomic E-state index is -8.50. The molecule has 4 aromatic rings. The SMILES string of the molecule is COc1ccc(N=C(O[P+](c2ccccc2)(c2ccccc2)c2ccccc2)C(F)(F)C(F)(F)C(F)(F)C(F)(F)C(F)(F)C(F)(F)C(F)(F)F)cc1. The summed E-state index contributed by atoms with van der Waals surface area (Å²) in [6.07, 6.45) is -7.73. The third kappa shape index (κ3) is 6.43. The van der Waals surface area contributed by atoms with Crippen LogP contribution in [0, 0.1) is 0 Å². The molecule has 0 aliphatic carbocycles. The van der Waals surface area contributed by atoms with Gasteiger partial charge in [-0.1, -0.05) is 54.6 Å². The molecule has 0 aliphatic rings. The van der Waals surface area contributed by atoms with Gasteiger partial charge in [0, 0.05) is 0 Å². The van der Waals surface area contributed by atoms with Crippen LogP contribution in [-0.2, 0) is 4.52 Å². The molecule has 0 fully saturated rings. The number of ether oxygens (including phenoxy) is 1. The van der Waals surface area contributed by atoms with E-state index in [1.165, 1.54) is 91.0 Å². The summed E-state index contributed by atoms with van der Waals surface area (Å²) in [5.74, 6) is -51.1. The third-order valence-corrected chi connectivity index (χ3v) is 11.0. The molecule has 19 heteroatoms. The summed E-state index contributed by atoms with van der Waals surface area (Å²) in [4.78, 5) is 3.22. The van der Waals surface area contributed by atoms with Gasteiger partial charge >= 0.3 is 47.6 Å². The third-order valence-electron chi connectivity index (χ3n) is 7.48. The molecule has 0 saturated heterocycles. The first-order valence-electron chi connectivity index (χ1n) is 14.3. The second-order valence-corrected chi connectivity index (χ2v) is 13.7. The minimum absolute atomic E-state index is 0.00258. The normalized spacial score (nSPS) is 14.3. The molecule has 0 aliphatic heterocycles. The maximum atomic E-state index is 16.2. The van der Waals surface area contributed by atoms with Gasteiger partial charge in [0.05, 0.1) is 12.8 Å². The fourth-order valence-electron chi connectivity index (χ4n) is 4.67. The van der Waals surface area contributed by atoms with Crippen LogP contribution in [0.2, 0.25) is 0 Å². The van der Waals surface area contributed by atoms with Gasteiger partial charge in [0.2, 0.25) is 0 Å². The second-order valence-electron chi connectivity index (χ2n) is 10.8. The zero-order valence-electron chi connectivity index (χ0n) is 25.9. The highest BCUT2D eigenvalue weighted by Crippen LogP contribution is 2.64. The summed E-state index contributed by atoms with van der Waals surface area (Å²) in [5, 5.41) is -0.327. The predicted octanol–water partition coefficient (Wildman–Crippen LogP) is 10.0. The second kappa shape index (κ2) is 13.8. The van der Waals surface area contributed by atoms with Crippen molar-refractivity contribution in [3.63, 3.8) is 0 Å². The lowest BCUT2D eigenvalue weighted by molar-refractivity contribution is -0.449. The van der Waals surface area contributed by atoms with E-state index in [-0.39, 0.29) is 21.7 Å². The Balaban J connectivity index is 2.06. The van der Waals surface area contributed by atoms with Crippen molar-refractivity contribution in [2.75, 3.05) is 7.11 Å². The number of nitrogens with zero attached hydrogens (tertiary/aromatic N) is 1. The van der Waals surface area contributed by atoms with Crippen molar-refractivity contribution >= 4 is 35.0 Å². The smallest absolute Gasteiger partial charge is 0.460 e. The molecule has 4 rings (SSSR count). The summed E-state index contributed by atoms with van der Waals surface area (Å²) >= 11 is 0. The summed E-state index contributed by atoms with van der Waals surface area (Å²) < 4.78 is 227. The first-order valence-corrected chi connectivity index (χ1v) is 16.0. The van der Waals surface area contributed by atoms with Crippen LogP contribution in [0.25, 0.3) is 0 Å². The van der Waals surface area contributed by atoms with Crippen LogP contribution in [0.4, 0.5) is 71.5 Å². The van der Waals surface area contributed by atoms with Crippen LogP contribution in [0.3, 0.4) is 0 Å². The highest BCUT2D eigenvalue weighted by Gasteiger charge is 2.94. The van der Waals surface area contributed by atoms with Crippen LogP contribution >= 0.6 is 7.49 Å². The Morgan fingerprint density at radius 1 is 0.462 bits per heavy atom. The number of hydrogen-bond donors (Lipinski definition) is 0. The van der Waals surface area contributed by atoms with E-state index >= 15 is 26.3 Å². The predicted molar refractivity (Wildman–Crippen MR) is 162 cm³/mol. The highest BCUT2D eigenvalue weighted by molar-refractivity contribution is 7.92. The summed E-state index contributed by atoms with van der Waals surface area (Å²) in [5.41, 5.74) is -0.831. The number of hydrogen-bond acceptors (Lipinski definition) is 3. The number of methoxy groups -OCH3 is 1.